The molecule has 0 aromatic heterocycles. The summed E-state index contributed by atoms with van der Waals surface area (Å²) in [6, 6.07) is 0.542. The highest BCUT2D eigenvalue weighted by molar-refractivity contribution is 6.64. The van der Waals surface area contributed by atoms with E-state index in [1.165, 1.54) is 12.8 Å². The number of halogens is 1. The fourth-order valence-corrected chi connectivity index (χ4v) is 4.06. The van der Waals surface area contributed by atoms with Crippen LogP contribution in [0.25, 0.3) is 0 Å². The van der Waals surface area contributed by atoms with Crippen molar-refractivity contribution in [1.82, 2.24) is 9.80 Å². The minimum absolute atomic E-state index is 0.0880. The standard InChI is InChI=1S/C16H24ClN5O/c1-16(2)8-10(7-11-5-4-6-22(11)16)19-14-12(13(18)23)9-21(3)15(17)20-14/h11H,4-9H2,1-3H3,(H2,18,23)/b19-10-/t11-/m0/s1. The number of nitrogens with two attached hydrogens (primary N) is 1. The molecule has 0 saturated carbocycles. The van der Waals surface area contributed by atoms with Gasteiger partial charge in [-0.15, -0.1) is 0 Å². The van der Waals surface area contributed by atoms with Gasteiger partial charge in [0.2, 0.25) is 11.2 Å². The van der Waals surface area contributed by atoms with Gasteiger partial charge in [-0.2, -0.15) is 4.99 Å². The SMILES string of the molecule is CN1CC(C(N)=O)=C(/N=C2/C[C@@H]3CCCN3C(C)(C)C2)N=C1Cl. The normalized spacial score (nSPS) is 29.7. The Kier molecular flexibility index (Phi) is 4.23. The Morgan fingerprint density at radius 2 is 2.22 bits per heavy atom. The van der Waals surface area contributed by atoms with Crippen molar-refractivity contribution >= 4 is 28.5 Å². The molecule has 0 aromatic rings. The molecule has 2 fully saturated rings. The maximum Gasteiger partial charge on any atom is 0.250 e. The predicted octanol–water partition coefficient (Wildman–Crippen LogP) is 1.70. The monoisotopic (exact) mass is 337 g/mol. The first-order chi connectivity index (χ1) is 10.8. The molecule has 0 aliphatic carbocycles. The van der Waals surface area contributed by atoms with Gasteiger partial charge in [-0.25, -0.2) is 4.99 Å². The molecule has 0 spiro atoms. The molecule has 2 saturated heterocycles. The summed E-state index contributed by atoms with van der Waals surface area (Å²) in [5.74, 6) is -0.0977. The van der Waals surface area contributed by atoms with Crippen LogP contribution in [0.2, 0.25) is 0 Å². The highest BCUT2D eigenvalue weighted by atomic mass is 35.5. The predicted molar refractivity (Wildman–Crippen MR) is 92.6 cm³/mol. The smallest absolute Gasteiger partial charge is 0.250 e. The first-order valence-corrected chi connectivity index (χ1v) is 8.47. The van der Waals surface area contributed by atoms with Crippen LogP contribution >= 0.6 is 11.6 Å². The zero-order valence-electron chi connectivity index (χ0n) is 14.0. The summed E-state index contributed by atoms with van der Waals surface area (Å²) in [5.41, 5.74) is 7.10. The van der Waals surface area contributed by atoms with Crippen LogP contribution in [0.1, 0.15) is 39.5 Å². The van der Waals surface area contributed by atoms with Crippen LogP contribution in [0, 0.1) is 0 Å². The largest absolute Gasteiger partial charge is 0.366 e. The number of fused-ring (bicyclic) bond motifs is 1. The van der Waals surface area contributed by atoms with Gasteiger partial charge in [0, 0.05) is 37.2 Å². The van der Waals surface area contributed by atoms with E-state index < -0.39 is 5.91 Å². The van der Waals surface area contributed by atoms with Crippen LogP contribution in [0.3, 0.4) is 0 Å². The van der Waals surface area contributed by atoms with E-state index in [0.717, 1.165) is 25.1 Å². The molecule has 0 radical (unpaired) electrons. The zero-order valence-corrected chi connectivity index (χ0v) is 14.7. The summed E-state index contributed by atoms with van der Waals surface area (Å²) in [6.45, 7) is 6.03. The van der Waals surface area contributed by atoms with Crippen molar-refractivity contribution in [3.63, 3.8) is 0 Å². The second-order valence-corrected chi connectivity index (χ2v) is 7.60. The van der Waals surface area contributed by atoms with Crippen LogP contribution in [-0.4, -0.2) is 58.4 Å². The molecule has 3 aliphatic heterocycles. The Bertz CT molecular complexity index is 622. The highest BCUT2D eigenvalue weighted by Crippen LogP contribution is 2.37. The van der Waals surface area contributed by atoms with Crippen LogP contribution in [0.5, 0.6) is 0 Å². The van der Waals surface area contributed by atoms with E-state index in [4.69, 9.17) is 22.3 Å². The van der Waals surface area contributed by atoms with Crippen LogP contribution in [-0.2, 0) is 4.79 Å². The Hall–Kier alpha value is -1.40. The molecule has 3 heterocycles. The number of piperidine rings is 1. The van der Waals surface area contributed by atoms with Gasteiger partial charge in [0.15, 0.2) is 5.82 Å². The maximum absolute atomic E-state index is 11.7. The molecule has 0 aromatic carbocycles. The van der Waals surface area contributed by atoms with Gasteiger partial charge in [-0.05, 0) is 44.8 Å². The van der Waals surface area contributed by atoms with Gasteiger partial charge in [0.1, 0.15) is 0 Å². The number of primary amides is 1. The van der Waals surface area contributed by atoms with E-state index in [2.05, 4.69) is 23.7 Å². The molecule has 3 rings (SSSR count). The van der Waals surface area contributed by atoms with Crippen molar-refractivity contribution in [3.05, 3.63) is 11.4 Å². The van der Waals surface area contributed by atoms with Crippen molar-refractivity contribution in [3.8, 4) is 0 Å². The number of carbonyl (C=O) groups excluding carboxylic acids is 1. The number of amidine groups is 1. The minimum atomic E-state index is -0.485. The summed E-state index contributed by atoms with van der Waals surface area (Å²) >= 11 is 6.11. The highest BCUT2D eigenvalue weighted by Gasteiger charge is 2.41. The molecule has 3 aliphatic rings. The zero-order chi connectivity index (χ0) is 16.8. The molecule has 126 valence electrons. The third kappa shape index (κ3) is 3.15. The maximum atomic E-state index is 11.7. The number of rotatable bonds is 2. The molecular weight excluding hydrogens is 314 g/mol. The third-order valence-corrected chi connectivity index (χ3v) is 5.38. The quantitative estimate of drug-likeness (QED) is 0.779. The third-order valence-electron chi connectivity index (χ3n) is 5.00. The van der Waals surface area contributed by atoms with Gasteiger partial charge in [0.25, 0.3) is 0 Å². The fraction of sp³-hybridized carbons (Fsp3) is 0.688. The van der Waals surface area contributed by atoms with Crippen molar-refractivity contribution in [2.75, 3.05) is 20.1 Å². The van der Waals surface area contributed by atoms with Crippen molar-refractivity contribution in [1.29, 1.82) is 0 Å². The second-order valence-electron chi connectivity index (χ2n) is 7.26. The molecule has 0 bridgehead atoms. The number of amides is 1. The van der Waals surface area contributed by atoms with E-state index in [9.17, 15) is 4.79 Å². The number of likely N-dealkylation sites (N-methyl/N-ethyl adjacent to an activating group) is 1. The number of nitrogens with zero attached hydrogens (tertiary/aromatic N) is 4. The first-order valence-electron chi connectivity index (χ1n) is 8.09. The molecule has 6 nitrogen and oxygen atoms in total. The summed E-state index contributed by atoms with van der Waals surface area (Å²) in [4.78, 5) is 25.0. The number of aliphatic imine (C=N–C) groups is 2. The number of hydrogen-bond donors (Lipinski definition) is 1. The average molecular weight is 338 g/mol. The number of carbonyl (C=O) groups is 1. The molecule has 7 heteroatoms. The van der Waals surface area contributed by atoms with E-state index in [0.29, 0.717) is 29.3 Å². The van der Waals surface area contributed by atoms with Gasteiger partial charge < -0.3 is 10.6 Å². The number of hydrogen-bond acceptors (Lipinski definition) is 5. The van der Waals surface area contributed by atoms with Gasteiger partial charge in [-0.3, -0.25) is 9.69 Å². The lowest BCUT2D eigenvalue weighted by atomic mass is 9.86. The van der Waals surface area contributed by atoms with Crippen LogP contribution in [0.4, 0.5) is 0 Å². The minimum Gasteiger partial charge on any atom is -0.366 e. The molecule has 2 N–H and O–H groups in total. The van der Waals surface area contributed by atoms with Crippen molar-refractivity contribution in [2.24, 2.45) is 15.7 Å². The summed E-state index contributed by atoms with van der Waals surface area (Å²) in [7, 11) is 1.78. The Morgan fingerprint density at radius 1 is 1.48 bits per heavy atom. The molecule has 23 heavy (non-hydrogen) atoms. The van der Waals surface area contributed by atoms with Gasteiger partial charge in [0.05, 0.1) is 12.1 Å². The lowest BCUT2D eigenvalue weighted by molar-refractivity contribution is -0.114. The lowest BCUT2D eigenvalue weighted by Gasteiger charge is -2.44. The van der Waals surface area contributed by atoms with Gasteiger partial charge in [-0.1, -0.05) is 0 Å². The fourth-order valence-electron chi connectivity index (χ4n) is 3.92. The van der Waals surface area contributed by atoms with E-state index in [1.807, 2.05) is 0 Å². The van der Waals surface area contributed by atoms with Crippen molar-refractivity contribution < 1.29 is 4.79 Å². The van der Waals surface area contributed by atoms with E-state index >= 15 is 0 Å². The average Bonchev–Trinajstić information content (AvgIpc) is 2.91. The Morgan fingerprint density at radius 3 is 2.91 bits per heavy atom. The first kappa shape index (κ1) is 16.5. The molecular formula is C16H24ClN5O. The van der Waals surface area contributed by atoms with E-state index in [-0.39, 0.29) is 5.54 Å². The topological polar surface area (TPSA) is 74.3 Å². The molecule has 1 atom stereocenters. The summed E-state index contributed by atoms with van der Waals surface area (Å²) < 4.78 is 0. The van der Waals surface area contributed by atoms with Crippen molar-refractivity contribution in [2.45, 2.75) is 51.1 Å². The molecule has 0 unspecified atom stereocenters. The molecule has 1 amide bonds. The van der Waals surface area contributed by atoms with Gasteiger partial charge >= 0.3 is 0 Å². The second kappa shape index (κ2) is 5.91. The Labute approximate surface area is 142 Å². The summed E-state index contributed by atoms with van der Waals surface area (Å²) in [5, 5.41) is 0.340. The lowest BCUT2D eigenvalue weighted by Crippen LogP contribution is -2.52. The van der Waals surface area contributed by atoms with Crippen LogP contribution in [0.15, 0.2) is 21.4 Å². The van der Waals surface area contributed by atoms with E-state index in [1.54, 1.807) is 11.9 Å². The Balaban J connectivity index is 1.93. The summed E-state index contributed by atoms with van der Waals surface area (Å²) in [6.07, 6.45) is 4.26. The van der Waals surface area contributed by atoms with Crippen LogP contribution < -0.4 is 5.73 Å².